The first-order valence-electron chi connectivity index (χ1n) is 4.22. The van der Waals surface area contributed by atoms with Gasteiger partial charge in [0, 0.05) is 19.5 Å². The highest BCUT2D eigenvalue weighted by atomic mass is 16.2. The Bertz CT molecular complexity index is 322. The zero-order valence-electron chi connectivity index (χ0n) is 8.03. The third-order valence-electron chi connectivity index (χ3n) is 1.86. The molecule has 1 aromatic rings. The number of nitrogens with zero attached hydrogens (tertiary/aromatic N) is 3. The van der Waals surface area contributed by atoms with Crippen LogP contribution in [0.5, 0.6) is 0 Å². The van der Waals surface area contributed by atoms with Crippen molar-refractivity contribution in [3.8, 4) is 0 Å². The summed E-state index contributed by atoms with van der Waals surface area (Å²) in [6.07, 6.45) is 0.800. The fraction of sp³-hybridized carbons (Fsp3) is 0.750. The van der Waals surface area contributed by atoms with E-state index in [2.05, 4.69) is 5.10 Å². The molecular weight excluding hydrogens is 154 g/mol. The van der Waals surface area contributed by atoms with Crippen LogP contribution in [0, 0.1) is 0 Å². The molecule has 12 heavy (non-hydrogen) atoms. The molecule has 0 aromatic carbocycles. The molecule has 1 rings (SSSR count). The molecule has 0 bridgehead atoms. The maximum Gasteiger partial charge on any atom is 0.345 e. The van der Waals surface area contributed by atoms with Gasteiger partial charge in [0.25, 0.3) is 0 Å². The van der Waals surface area contributed by atoms with E-state index in [0.717, 1.165) is 12.2 Å². The Morgan fingerprint density at radius 1 is 1.50 bits per heavy atom. The van der Waals surface area contributed by atoms with E-state index in [4.69, 9.17) is 0 Å². The summed E-state index contributed by atoms with van der Waals surface area (Å²) in [5.74, 6) is 0.859. The molecular formula is C8H15N3O. The van der Waals surface area contributed by atoms with Crippen molar-refractivity contribution < 1.29 is 0 Å². The molecule has 4 heteroatoms. The summed E-state index contributed by atoms with van der Waals surface area (Å²) in [5, 5.41) is 4.12. The molecule has 0 aliphatic rings. The first kappa shape index (κ1) is 9.03. The molecule has 0 N–H and O–H groups in total. The number of aromatic nitrogens is 3. The van der Waals surface area contributed by atoms with E-state index in [1.165, 1.54) is 4.68 Å². The van der Waals surface area contributed by atoms with Crippen LogP contribution in [0.15, 0.2) is 4.79 Å². The zero-order chi connectivity index (χ0) is 9.30. The molecule has 0 fully saturated rings. The summed E-state index contributed by atoms with van der Waals surface area (Å²) in [5.41, 5.74) is -0.0261. The van der Waals surface area contributed by atoms with E-state index < -0.39 is 0 Å². The fourth-order valence-electron chi connectivity index (χ4n) is 1.29. The second-order valence-corrected chi connectivity index (χ2v) is 3.14. The molecule has 0 spiro atoms. The van der Waals surface area contributed by atoms with E-state index in [1.54, 1.807) is 11.6 Å². The Hall–Kier alpha value is -1.06. The summed E-state index contributed by atoms with van der Waals surface area (Å²) >= 11 is 0. The van der Waals surface area contributed by atoms with Gasteiger partial charge in [-0.2, -0.15) is 5.10 Å². The molecule has 0 aliphatic heterocycles. The van der Waals surface area contributed by atoms with Crippen molar-refractivity contribution in [3.05, 3.63) is 16.3 Å². The summed E-state index contributed by atoms with van der Waals surface area (Å²) in [6, 6.07) is 0.196. The van der Waals surface area contributed by atoms with Gasteiger partial charge < -0.3 is 0 Å². The van der Waals surface area contributed by atoms with E-state index in [-0.39, 0.29) is 11.7 Å². The standard InChI is InChI=1S/C8H15N3O/c1-5-7-9-10(4)8(12)11(7)6(2)3/h6H,5H2,1-4H3. The minimum Gasteiger partial charge on any atom is -0.276 e. The average molecular weight is 169 g/mol. The zero-order valence-corrected chi connectivity index (χ0v) is 8.03. The van der Waals surface area contributed by atoms with Crippen LogP contribution in [0.25, 0.3) is 0 Å². The van der Waals surface area contributed by atoms with Gasteiger partial charge in [-0.3, -0.25) is 4.57 Å². The van der Waals surface area contributed by atoms with Crippen molar-refractivity contribution in [2.45, 2.75) is 33.2 Å². The van der Waals surface area contributed by atoms with E-state index in [1.807, 2.05) is 20.8 Å². The van der Waals surface area contributed by atoms with Gasteiger partial charge in [0.2, 0.25) is 0 Å². The van der Waals surface area contributed by atoms with Crippen LogP contribution in [0.4, 0.5) is 0 Å². The maximum atomic E-state index is 11.5. The van der Waals surface area contributed by atoms with Gasteiger partial charge in [0.05, 0.1) is 0 Å². The summed E-state index contributed by atoms with van der Waals surface area (Å²) in [7, 11) is 1.68. The normalized spacial score (nSPS) is 11.1. The Kier molecular flexibility index (Phi) is 2.35. The SMILES string of the molecule is CCc1nn(C)c(=O)n1C(C)C. The Balaban J connectivity index is 3.31. The lowest BCUT2D eigenvalue weighted by molar-refractivity contribution is 0.549. The maximum absolute atomic E-state index is 11.5. The van der Waals surface area contributed by atoms with Crippen LogP contribution in [0.2, 0.25) is 0 Å². The third kappa shape index (κ3) is 1.29. The van der Waals surface area contributed by atoms with E-state index >= 15 is 0 Å². The van der Waals surface area contributed by atoms with Crippen molar-refractivity contribution >= 4 is 0 Å². The average Bonchev–Trinajstić information content (AvgIpc) is 2.28. The number of hydrogen-bond acceptors (Lipinski definition) is 2. The molecule has 0 saturated heterocycles. The lowest BCUT2D eigenvalue weighted by atomic mass is 10.3. The molecule has 68 valence electrons. The molecule has 0 radical (unpaired) electrons. The van der Waals surface area contributed by atoms with Crippen molar-refractivity contribution in [1.29, 1.82) is 0 Å². The van der Waals surface area contributed by atoms with Crippen molar-refractivity contribution in [1.82, 2.24) is 14.3 Å². The molecule has 0 atom stereocenters. The predicted octanol–water partition coefficient (Wildman–Crippen LogP) is 0.725. The summed E-state index contributed by atoms with van der Waals surface area (Å²) in [6.45, 7) is 5.98. The Morgan fingerprint density at radius 3 is 2.42 bits per heavy atom. The lowest BCUT2D eigenvalue weighted by Crippen LogP contribution is -2.24. The van der Waals surface area contributed by atoms with Gasteiger partial charge in [0.15, 0.2) is 0 Å². The van der Waals surface area contributed by atoms with Crippen molar-refractivity contribution in [3.63, 3.8) is 0 Å². The first-order chi connectivity index (χ1) is 5.57. The fourth-order valence-corrected chi connectivity index (χ4v) is 1.29. The van der Waals surface area contributed by atoms with Crippen LogP contribution >= 0.6 is 0 Å². The van der Waals surface area contributed by atoms with Gasteiger partial charge >= 0.3 is 5.69 Å². The van der Waals surface area contributed by atoms with Crippen LogP contribution in [0.3, 0.4) is 0 Å². The molecule has 1 aromatic heterocycles. The molecule has 0 amide bonds. The Morgan fingerprint density at radius 2 is 2.08 bits per heavy atom. The molecule has 0 saturated carbocycles. The van der Waals surface area contributed by atoms with Gasteiger partial charge in [0.1, 0.15) is 5.82 Å². The van der Waals surface area contributed by atoms with E-state index in [9.17, 15) is 4.79 Å². The highest BCUT2D eigenvalue weighted by Crippen LogP contribution is 2.03. The van der Waals surface area contributed by atoms with Gasteiger partial charge in [-0.15, -0.1) is 0 Å². The van der Waals surface area contributed by atoms with Crippen LogP contribution < -0.4 is 5.69 Å². The Labute approximate surface area is 71.8 Å². The third-order valence-corrected chi connectivity index (χ3v) is 1.86. The van der Waals surface area contributed by atoms with Gasteiger partial charge in [-0.1, -0.05) is 6.92 Å². The van der Waals surface area contributed by atoms with Gasteiger partial charge in [-0.25, -0.2) is 9.48 Å². The second-order valence-electron chi connectivity index (χ2n) is 3.14. The molecule has 0 aliphatic carbocycles. The highest BCUT2D eigenvalue weighted by Gasteiger charge is 2.11. The number of hydrogen-bond donors (Lipinski definition) is 0. The summed E-state index contributed by atoms with van der Waals surface area (Å²) < 4.78 is 3.11. The lowest BCUT2D eigenvalue weighted by Gasteiger charge is -2.06. The first-order valence-corrected chi connectivity index (χ1v) is 4.22. The highest BCUT2D eigenvalue weighted by molar-refractivity contribution is 4.88. The van der Waals surface area contributed by atoms with Crippen LogP contribution in [-0.2, 0) is 13.5 Å². The summed E-state index contributed by atoms with van der Waals surface area (Å²) in [4.78, 5) is 11.5. The number of rotatable bonds is 2. The minimum atomic E-state index is -0.0261. The molecule has 0 unspecified atom stereocenters. The monoisotopic (exact) mass is 169 g/mol. The predicted molar refractivity (Wildman–Crippen MR) is 47.2 cm³/mol. The molecule has 4 nitrogen and oxygen atoms in total. The van der Waals surface area contributed by atoms with E-state index in [0.29, 0.717) is 0 Å². The second kappa shape index (κ2) is 3.13. The topological polar surface area (TPSA) is 39.8 Å². The minimum absolute atomic E-state index is 0.0261. The van der Waals surface area contributed by atoms with Gasteiger partial charge in [-0.05, 0) is 13.8 Å². The smallest absolute Gasteiger partial charge is 0.276 e. The van der Waals surface area contributed by atoms with Crippen molar-refractivity contribution in [2.75, 3.05) is 0 Å². The van der Waals surface area contributed by atoms with Crippen LogP contribution in [0.1, 0.15) is 32.6 Å². The largest absolute Gasteiger partial charge is 0.345 e. The quantitative estimate of drug-likeness (QED) is 0.654. The van der Waals surface area contributed by atoms with Crippen molar-refractivity contribution in [2.24, 2.45) is 7.05 Å². The molecule has 1 heterocycles. The van der Waals surface area contributed by atoms with Crippen LogP contribution in [-0.4, -0.2) is 14.3 Å². The number of aryl methyl sites for hydroxylation is 2.